The lowest BCUT2D eigenvalue weighted by Crippen LogP contribution is -2.32. The van der Waals surface area contributed by atoms with Crippen LogP contribution in [0.3, 0.4) is 0 Å². The van der Waals surface area contributed by atoms with Crippen LogP contribution in [0.15, 0.2) is 0 Å². The number of carbonyl (C=O) groups is 1. The average Bonchev–Trinajstić information content (AvgIpc) is 2.45. The molecule has 0 aliphatic carbocycles. The number of hydrogen-bond acceptors (Lipinski definition) is 8. The molecule has 1 aromatic rings. The predicted molar refractivity (Wildman–Crippen MR) is 73.9 cm³/mol. The predicted octanol–water partition coefficient (Wildman–Crippen LogP) is -0.513. The van der Waals surface area contributed by atoms with E-state index in [1.807, 2.05) is 6.92 Å². The molecule has 0 unspecified atom stereocenters. The van der Waals surface area contributed by atoms with Gasteiger partial charge in [-0.15, -0.1) is 0 Å². The molecule has 9 nitrogen and oxygen atoms in total. The van der Waals surface area contributed by atoms with Gasteiger partial charge in [0.2, 0.25) is 17.8 Å². The van der Waals surface area contributed by atoms with E-state index in [1.54, 1.807) is 7.11 Å². The fourth-order valence-corrected chi connectivity index (χ4v) is 1.28. The van der Waals surface area contributed by atoms with Crippen molar-refractivity contribution in [2.75, 3.05) is 51.1 Å². The van der Waals surface area contributed by atoms with Gasteiger partial charge in [0.05, 0.1) is 20.3 Å². The Kier molecular flexibility index (Phi) is 7.04. The summed E-state index contributed by atoms with van der Waals surface area (Å²) in [6.45, 7) is 3.58. The lowest BCUT2D eigenvalue weighted by Gasteiger charge is -2.09. The topological polar surface area (TPSA) is 110 Å². The molecule has 1 rings (SSSR count). The molecular formula is C11H20N6O3. The van der Waals surface area contributed by atoms with Crippen molar-refractivity contribution in [3.8, 4) is 6.01 Å². The maximum absolute atomic E-state index is 11.5. The maximum atomic E-state index is 11.5. The second-order valence-corrected chi connectivity index (χ2v) is 3.70. The first-order valence-electron chi connectivity index (χ1n) is 6.23. The van der Waals surface area contributed by atoms with Gasteiger partial charge in [-0.25, -0.2) is 0 Å². The highest BCUT2D eigenvalue weighted by atomic mass is 16.5. The number of anilines is 2. The smallest absolute Gasteiger partial charge is 0.322 e. The minimum atomic E-state index is -0.175. The largest absolute Gasteiger partial charge is 0.467 e. The average molecular weight is 284 g/mol. The Morgan fingerprint density at radius 3 is 2.45 bits per heavy atom. The van der Waals surface area contributed by atoms with Gasteiger partial charge in [-0.3, -0.25) is 4.79 Å². The van der Waals surface area contributed by atoms with Crippen molar-refractivity contribution >= 4 is 17.8 Å². The molecule has 0 fully saturated rings. The molecule has 20 heavy (non-hydrogen) atoms. The Bertz CT molecular complexity index is 429. The molecule has 3 N–H and O–H groups in total. The number of amides is 1. The molecule has 1 heterocycles. The number of nitrogens with zero attached hydrogens (tertiary/aromatic N) is 3. The van der Waals surface area contributed by atoms with E-state index in [2.05, 4.69) is 30.9 Å². The van der Waals surface area contributed by atoms with Crippen molar-refractivity contribution < 1.29 is 14.3 Å². The standard InChI is InChI=1S/C11H20N6O3/c1-4-12-9-15-10(17-11(16-9)20-3)14-7-8(18)13-5-6-19-2/h4-7H2,1-3H3,(H,13,18)(H2,12,14,15,16,17). The molecule has 9 heteroatoms. The molecule has 0 aromatic carbocycles. The van der Waals surface area contributed by atoms with E-state index >= 15 is 0 Å². The van der Waals surface area contributed by atoms with Gasteiger partial charge in [-0.1, -0.05) is 0 Å². The van der Waals surface area contributed by atoms with Crippen LogP contribution in [0.25, 0.3) is 0 Å². The first-order valence-corrected chi connectivity index (χ1v) is 6.23. The number of carbonyl (C=O) groups excluding carboxylic acids is 1. The van der Waals surface area contributed by atoms with Crippen molar-refractivity contribution in [2.24, 2.45) is 0 Å². The fourth-order valence-electron chi connectivity index (χ4n) is 1.28. The van der Waals surface area contributed by atoms with Crippen molar-refractivity contribution in [1.29, 1.82) is 0 Å². The Hall–Kier alpha value is -2.16. The quantitative estimate of drug-likeness (QED) is 0.520. The third-order valence-electron chi connectivity index (χ3n) is 2.17. The summed E-state index contributed by atoms with van der Waals surface area (Å²) in [6, 6.07) is 0.179. The summed E-state index contributed by atoms with van der Waals surface area (Å²) in [5.41, 5.74) is 0. The number of ether oxygens (including phenoxy) is 2. The molecule has 1 aromatic heterocycles. The summed E-state index contributed by atoms with van der Waals surface area (Å²) in [6.07, 6.45) is 0. The molecule has 112 valence electrons. The number of aromatic nitrogens is 3. The first-order chi connectivity index (χ1) is 9.69. The molecular weight excluding hydrogens is 264 g/mol. The zero-order chi connectivity index (χ0) is 14.8. The Labute approximate surface area is 117 Å². The summed E-state index contributed by atoms with van der Waals surface area (Å²) >= 11 is 0. The maximum Gasteiger partial charge on any atom is 0.322 e. The highest BCUT2D eigenvalue weighted by Crippen LogP contribution is 2.09. The Morgan fingerprint density at radius 1 is 1.15 bits per heavy atom. The number of hydrogen-bond donors (Lipinski definition) is 3. The summed E-state index contributed by atoms with van der Waals surface area (Å²) < 4.78 is 9.80. The first kappa shape index (κ1) is 15.9. The van der Waals surface area contributed by atoms with Gasteiger partial charge in [0.25, 0.3) is 0 Å². The van der Waals surface area contributed by atoms with Crippen LogP contribution in [-0.2, 0) is 9.53 Å². The van der Waals surface area contributed by atoms with E-state index in [4.69, 9.17) is 9.47 Å². The van der Waals surface area contributed by atoms with Gasteiger partial charge in [-0.2, -0.15) is 15.0 Å². The summed E-state index contributed by atoms with van der Waals surface area (Å²) in [5, 5.41) is 8.44. The fraction of sp³-hybridized carbons (Fsp3) is 0.636. The van der Waals surface area contributed by atoms with Crippen LogP contribution in [0.1, 0.15) is 6.92 Å². The van der Waals surface area contributed by atoms with Crippen molar-refractivity contribution in [3.63, 3.8) is 0 Å². The number of nitrogens with one attached hydrogen (secondary N) is 3. The summed E-state index contributed by atoms with van der Waals surface area (Å²) in [4.78, 5) is 23.6. The van der Waals surface area contributed by atoms with Crippen LogP contribution in [0.5, 0.6) is 6.01 Å². The van der Waals surface area contributed by atoms with Crippen molar-refractivity contribution in [1.82, 2.24) is 20.3 Å². The third kappa shape index (κ3) is 5.65. The van der Waals surface area contributed by atoms with Crippen LogP contribution in [0.4, 0.5) is 11.9 Å². The van der Waals surface area contributed by atoms with Crippen LogP contribution < -0.4 is 20.7 Å². The van der Waals surface area contributed by atoms with E-state index in [0.717, 1.165) is 0 Å². The van der Waals surface area contributed by atoms with Crippen LogP contribution in [-0.4, -0.2) is 61.3 Å². The molecule has 0 saturated heterocycles. The lowest BCUT2D eigenvalue weighted by atomic mass is 10.5. The minimum Gasteiger partial charge on any atom is -0.467 e. The van der Waals surface area contributed by atoms with E-state index in [0.29, 0.717) is 25.6 Å². The molecule has 0 atom stereocenters. The van der Waals surface area contributed by atoms with Gasteiger partial charge >= 0.3 is 6.01 Å². The van der Waals surface area contributed by atoms with Crippen LogP contribution >= 0.6 is 0 Å². The van der Waals surface area contributed by atoms with E-state index in [9.17, 15) is 4.79 Å². The number of rotatable bonds is 9. The molecule has 0 saturated carbocycles. The van der Waals surface area contributed by atoms with E-state index in [1.165, 1.54) is 7.11 Å². The SMILES string of the molecule is CCNc1nc(NCC(=O)NCCOC)nc(OC)n1. The Balaban J connectivity index is 2.53. The molecule has 0 spiro atoms. The monoisotopic (exact) mass is 284 g/mol. The zero-order valence-electron chi connectivity index (χ0n) is 11.9. The van der Waals surface area contributed by atoms with E-state index in [-0.39, 0.29) is 24.4 Å². The molecule has 0 bridgehead atoms. The van der Waals surface area contributed by atoms with Gasteiger partial charge < -0.3 is 25.4 Å². The van der Waals surface area contributed by atoms with Crippen LogP contribution in [0, 0.1) is 0 Å². The summed E-state index contributed by atoms with van der Waals surface area (Å²) in [7, 11) is 3.04. The number of methoxy groups -OCH3 is 2. The van der Waals surface area contributed by atoms with Gasteiger partial charge in [0, 0.05) is 20.2 Å². The van der Waals surface area contributed by atoms with E-state index < -0.39 is 0 Å². The summed E-state index contributed by atoms with van der Waals surface area (Å²) in [5.74, 6) is 0.489. The van der Waals surface area contributed by atoms with Gasteiger partial charge in [0.15, 0.2) is 0 Å². The van der Waals surface area contributed by atoms with Crippen LogP contribution in [0.2, 0.25) is 0 Å². The van der Waals surface area contributed by atoms with Gasteiger partial charge in [-0.05, 0) is 6.92 Å². The van der Waals surface area contributed by atoms with Crippen molar-refractivity contribution in [2.45, 2.75) is 6.92 Å². The molecule has 0 aliphatic heterocycles. The van der Waals surface area contributed by atoms with Crippen molar-refractivity contribution in [3.05, 3.63) is 0 Å². The minimum absolute atomic E-state index is 0.0580. The molecule has 0 radical (unpaired) electrons. The second kappa shape index (κ2) is 8.86. The molecule has 0 aliphatic rings. The highest BCUT2D eigenvalue weighted by Gasteiger charge is 2.07. The zero-order valence-corrected chi connectivity index (χ0v) is 11.9. The second-order valence-electron chi connectivity index (χ2n) is 3.70. The highest BCUT2D eigenvalue weighted by molar-refractivity contribution is 5.80. The Morgan fingerprint density at radius 2 is 1.85 bits per heavy atom. The normalized spacial score (nSPS) is 9.95. The molecule has 1 amide bonds. The van der Waals surface area contributed by atoms with Gasteiger partial charge in [0.1, 0.15) is 0 Å². The third-order valence-corrected chi connectivity index (χ3v) is 2.17. The lowest BCUT2D eigenvalue weighted by molar-refractivity contribution is -0.119.